The van der Waals surface area contributed by atoms with Gasteiger partial charge in [-0.2, -0.15) is 5.10 Å². The van der Waals surface area contributed by atoms with Crippen LogP contribution in [0.3, 0.4) is 0 Å². The quantitative estimate of drug-likeness (QED) is 0.700. The Morgan fingerprint density at radius 1 is 1.14 bits per heavy atom. The van der Waals surface area contributed by atoms with Crippen LogP contribution in [0.15, 0.2) is 55.0 Å². The predicted molar refractivity (Wildman–Crippen MR) is 111 cm³/mol. The van der Waals surface area contributed by atoms with Crippen molar-refractivity contribution in [2.24, 2.45) is 0 Å². The number of nitrogens with zero attached hydrogens (tertiary/aromatic N) is 5. The van der Waals surface area contributed by atoms with E-state index in [-0.39, 0.29) is 5.91 Å². The summed E-state index contributed by atoms with van der Waals surface area (Å²) in [5.74, 6) is 0.808. The SMILES string of the molecule is CN(CCc1ccccn1)C1CCN(C(=O)c2ccc(-c3ncn[nH]3)cc2)CC1. The summed E-state index contributed by atoms with van der Waals surface area (Å²) in [5.41, 5.74) is 2.77. The topological polar surface area (TPSA) is 78.0 Å². The Morgan fingerprint density at radius 2 is 1.93 bits per heavy atom. The minimum Gasteiger partial charge on any atom is -0.339 e. The van der Waals surface area contributed by atoms with Crippen LogP contribution in [-0.4, -0.2) is 68.6 Å². The van der Waals surface area contributed by atoms with Gasteiger partial charge in [0.1, 0.15) is 6.33 Å². The van der Waals surface area contributed by atoms with Gasteiger partial charge in [0.25, 0.3) is 5.91 Å². The van der Waals surface area contributed by atoms with Crippen LogP contribution in [0.4, 0.5) is 0 Å². The first-order chi connectivity index (χ1) is 14.2. The second-order valence-electron chi connectivity index (χ2n) is 7.49. The number of carbonyl (C=O) groups is 1. The molecule has 0 bridgehead atoms. The van der Waals surface area contributed by atoms with Crippen LogP contribution in [0.5, 0.6) is 0 Å². The van der Waals surface area contributed by atoms with E-state index >= 15 is 0 Å². The number of carbonyl (C=O) groups excluding carboxylic acids is 1. The summed E-state index contributed by atoms with van der Waals surface area (Å²) >= 11 is 0. The average Bonchev–Trinajstić information content (AvgIpc) is 3.33. The Balaban J connectivity index is 1.28. The number of likely N-dealkylation sites (tertiary alicyclic amines) is 1. The molecule has 0 radical (unpaired) electrons. The highest BCUT2D eigenvalue weighted by Crippen LogP contribution is 2.20. The van der Waals surface area contributed by atoms with E-state index in [1.54, 1.807) is 0 Å². The lowest BCUT2D eigenvalue weighted by atomic mass is 10.0. The summed E-state index contributed by atoms with van der Waals surface area (Å²) in [6, 6.07) is 14.1. The molecule has 3 heterocycles. The van der Waals surface area contributed by atoms with Crippen LogP contribution in [0.2, 0.25) is 0 Å². The third-order valence-electron chi connectivity index (χ3n) is 5.64. The number of nitrogens with one attached hydrogen (secondary N) is 1. The van der Waals surface area contributed by atoms with Crippen molar-refractivity contribution in [1.82, 2.24) is 30.0 Å². The lowest BCUT2D eigenvalue weighted by Crippen LogP contribution is -2.46. The lowest BCUT2D eigenvalue weighted by molar-refractivity contribution is 0.0647. The van der Waals surface area contributed by atoms with E-state index in [1.165, 1.54) is 6.33 Å². The van der Waals surface area contributed by atoms with Crippen molar-refractivity contribution in [2.75, 3.05) is 26.7 Å². The molecular weight excluding hydrogens is 364 g/mol. The van der Waals surface area contributed by atoms with Crippen molar-refractivity contribution in [3.05, 3.63) is 66.2 Å². The normalized spacial score (nSPS) is 15.0. The molecule has 4 rings (SSSR count). The van der Waals surface area contributed by atoms with Crippen molar-refractivity contribution < 1.29 is 4.79 Å². The molecule has 0 aliphatic carbocycles. The van der Waals surface area contributed by atoms with Crippen LogP contribution in [0.25, 0.3) is 11.4 Å². The van der Waals surface area contributed by atoms with Crippen molar-refractivity contribution in [1.29, 1.82) is 0 Å². The summed E-state index contributed by atoms with van der Waals surface area (Å²) in [5, 5.41) is 6.70. The highest BCUT2D eigenvalue weighted by atomic mass is 16.2. The number of likely N-dealkylation sites (N-methyl/N-ethyl adjacent to an activating group) is 1. The highest BCUT2D eigenvalue weighted by molar-refractivity contribution is 5.94. The van der Waals surface area contributed by atoms with Gasteiger partial charge in [0.15, 0.2) is 5.82 Å². The molecule has 7 heteroatoms. The van der Waals surface area contributed by atoms with E-state index in [1.807, 2.05) is 47.5 Å². The van der Waals surface area contributed by atoms with Crippen molar-refractivity contribution in [2.45, 2.75) is 25.3 Å². The fourth-order valence-corrected chi connectivity index (χ4v) is 3.83. The maximum Gasteiger partial charge on any atom is 0.253 e. The van der Waals surface area contributed by atoms with Gasteiger partial charge in [-0.15, -0.1) is 0 Å². The van der Waals surface area contributed by atoms with Gasteiger partial charge in [0.05, 0.1) is 0 Å². The predicted octanol–water partition coefficient (Wildman–Crippen LogP) is 2.65. The van der Waals surface area contributed by atoms with Gasteiger partial charge in [-0.05, 0) is 44.2 Å². The molecule has 0 atom stereocenters. The zero-order chi connectivity index (χ0) is 20.1. The van der Waals surface area contributed by atoms with Crippen molar-refractivity contribution in [3.8, 4) is 11.4 Å². The average molecular weight is 390 g/mol. The number of amides is 1. The fraction of sp³-hybridized carbons (Fsp3) is 0.364. The van der Waals surface area contributed by atoms with Crippen LogP contribution in [0, 0.1) is 0 Å². The molecule has 1 amide bonds. The smallest absolute Gasteiger partial charge is 0.253 e. The minimum atomic E-state index is 0.101. The van der Waals surface area contributed by atoms with Gasteiger partial charge < -0.3 is 9.80 Å². The number of rotatable bonds is 6. The van der Waals surface area contributed by atoms with Crippen LogP contribution in [-0.2, 0) is 6.42 Å². The second-order valence-corrected chi connectivity index (χ2v) is 7.49. The number of benzene rings is 1. The number of hydrogen-bond donors (Lipinski definition) is 1. The molecule has 1 aliphatic heterocycles. The standard InChI is InChI=1S/C22H26N6O/c1-27(13-9-19-4-2-3-12-23-19)20-10-14-28(15-11-20)22(29)18-7-5-17(6-8-18)21-24-16-25-26-21/h2-8,12,16,20H,9-11,13-15H2,1H3,(H,24,25,26). The fourth-order valence-electron chi connectivity index (χ4n) is 3.83. The Morgan fingerprint density at radius 3 is 2.59 bits per heavy atom. The number of H-pyrrole nitrogens is 1. The Kier molecular flexibility index (Phi) is 5.95. The number of pyridine rings is 1. The summed E-state index contributed by atoms with van der Waals surface area (Å²) in [4.78, 5) is 25.8. The molecule has 29 heavy (non-hydrogen) atoms. The maximum absolute atomic E-state index is 12.9. The van der Waals surface area contributed by atoms with Gasteiger partial charge in [0, 0.05) is 55.1 Å². The Hall–Kier alpha value is -3.06. The highest BCUT2D eigenvalue weighted by Gasteiger charge is 2.25. The first-order valence-electron chi connectivity index (χ1n) is 10.1. The number of hydrogen-bond acceptors (Lipinski definition) is 5. The maximum atomic E-state index is 12.9. The van der Waals surface area contributed by atoms with Crippen molar-refractivity contribution >= 4 is 5.91 Å². The molecule has 150 valence electrons. The third-order valence-corrected chi connectivity index (χ3v) is 5.64. The van der Waals surface area contributed by atoms with E-state index in [4.69, 9.17) is 0 Å². The van der Waals surface area contributed by atoms with Gasteiger partial charge >= 0.3 is 0 Å². The first-order valence-corrected chi connectivity index (χ1v) is 10.1. The van der Waals surface area contributed by atoms with E-state index in [0.29, 0.717) is 11.9 Å². The van der Waals surface area contributed by atoms with E-state index in [2.05, 4.69) is 38.2 Å². The minimum absolute atomic E-state index is 0.101. The zero-order valence-electron chi connectivity index (χ0n) is 16.7. The number of aromatic nitrogens is 4. The Bertz CT molecular complexity index is 902. The monoisotopic (exact) mass is 390 g/mol. The van der Waals surface area contributed by atoms with Crippen LogP contribution >= 0.6 is 0 Å². The van der Waals surface area contributed by atoms with Crippen LogP contribution in [0.1, 0.15) is 28.9 Å². The summed E-state index contributed by atoms with van der Waals surface area (Å²) in [6.45, 7) is 2.57. The van der Waals surface area contributed by atoms with E-state index in [0.717, 1.165) is 55.7 Å². The molecule has 1 N–H and O–H groups in total. The van der Waals surface area contributed by atoms with Crippen molar-refractivity contribution in [3.63, 3.8) is 0 Å². The molecule has 0 unspecified atom stereocenters. The van der Waals surface area contributed by atoms with Gasteiger partial charge in [-0.1, -0.05) is 18.2 Å². The summed E-state index contributed by atoms with van der Waals surface area (Å²) < 4.78 is 0. The molecule has 3 aromatic rings. The zero-order valence-corrected chi connectivity index (χ0v) is 16.7. The Labute approximate surface area is 170 Å². The summed E-state index contributed by atoms with van der Waals surface area (Å²) in [7, 11) is 2.17. The molecule has 2 aromatic heterocycles. The molecule has 1 aromatic carbocycles. The largest absolute Gasteiger partial charge is 0.339 e. The molecule has 7 nitrogen and oxygen atoms in total. The number of piperidine rings is 1. The molecule has 1 saturated heterocycles. The molecule has 0 saturated carbocycles. The summed E-state index contributed by atoms with van der Waals surface area (Å²) in [6.07, 6.45) is 6.28. The number of aromatic amines is 1. The lowest BCUT2D eigenvalue weighted by Gasteiger charge is -2.36. The first kappa shape index (κ1) is 19.3. The molecule has 1 aliphatic rings. The molecule has 0 spiro atoms. The molecule has 1 fully saturated rings. The van der Waals surface area contributed by atoms with E-state index in [9.17, 15) is 4.79 Å². The molecular formula is C22H26N6O. The van der Waals surface area contributed by atoms with Gasteiger partial charge in [-0.25, -0.2) is 4.98 Å². The van der Waals surface area contributed by atoms with E-state index < -0.39 is 0 Å². The van der Waals surface area contributed by atoms with Crippen LogP contribution < -0.4 is 0 Å². The second kappa shape index (κ2) is 8.96. The van der Waals surface area contributed by atoms with Gasteiger partial charge in [-0.3, -0.25) is 14.9 Å². The van der Waals surface area contributed by atoms with Gasteiger partial charge in [0.2, 0.25) is 0 Å². The third kappa shape index (κ3) is 4.68.